The van der Waals surface area contributed by atoms with E-state index in [-0.39, 0.29) is 5.91 Å². The van der Waals surface area contributed by atoms with Gasteiger partial charge >= 0.3 is 0 Å². The molecule has 0 aliphatic carbocycles. The molecule has 0 aromatic heterocycles. The first-order chi connectivity index (χ1) is 7.59. The van der Waals surface area contributed by atoms with Crippen molar-refractivity contribution in [2.24, 2.45) is 0 Å². The Morgan fingerprint density at radius 3 is 2.88 bits per heavy atom. The van der Waals surface area contributed by atoms with Crippen LogP contribution >= 0.6 is 27.5 Å². The Morgan fingerprint density at radius 1 is 1.56 bits per heavy atom. The molecular weight excluding hydrogens is 289 g/mol. The molecule has 0 bridgehead atoms. The maximum Gasteiger partial charge on any atom is 0.255 e. The zero-order chi connectivity index (χ0) is 11.7. The van der Waals surface area contributed by atoms with Gasteiger partial charge in [-0.2, -0.15) is 0 Å². The zero-order valence-corrected chi connectivity index (χ0v) is 11.4. The van der Waals surface area contributed by atoms with Crippen molar-refractivity contribution in [3.05, 3.63) is 33.3 Å². The number of carbonyl (C=O) groups is 1. The maximum atomic E-state index is 12.2. The first-order valence-electron chi connectivity index (χ1n) is 5.35. The van der Waals surface area contributed by atoms with Crippen molar-refractivity contribution in [2.75, 3.05) is 6.54 Å². The number of hydrogen-bond acceptors (Lipinski definition) is 1. The van der Waals surface area contributed by atoms with E-state index in [0.717, 1.165) is 23.9 Å². The lowest BCUT2D eigenvalue weighted by atomic mass is 10.2. The summed E-state index contributed by atoms with van der Waals surface area (Å²) >= 11 is 9.24. The fourth-order valence-electron chi connectivity index (χ4n) is 2.05. The molecule has 2 nitrogen and oxygen atoms in total. The van der Waals surface area contributed by atoms with Gasteiger partial charge in [-0.3, -0.25) is 4.79 Å². The number of nitrogens with zero attached hydrogens (tertiary/aromatic N) is 1. The van der Waals surface area contributed by atoms with E-state index in [1.54, 1.807) is 18.2 Å². The lowest BCUT2D eigenvalue weighted by Crippen LogP contribution is -2.33. The number of halogens is 2. The molecule has 16 heavy (non-hydrogen) atoms. The van der Waals surface area contributed by atoms with Crippen LogP contribution in [-0.2, 0) is 0 Å². The summed E-state index contributed by atoms with van der Waals surface area (Å²) in [6.45, 7) is 2.95. The molecule has 1 aliphatic rings. The highest BCUT2D eigenvalue weighted by Gasteiger charge is 2.26. The molecule has 1 aliphatic heterocycles. The molecule has 1 heterocycles. The Hall–Kier alpha value is -0.540. The van der Waals surface area contributed by atoms with Crippen LogP contribution in [0.15, 0.2) is 22.7 Å². The van der Waals surface area contributed by atoms with Crippen molar-refractivity contribution in [1.29, 1.82) is 0 Å². The second-order valence-corrected chi connectivity index (χ2v) is 5.40. The van der Waals surface area contributed by atoms with Gasteiger partial charge in [-0.25, -0.2) is 0 Å². The summed E-state index contributed by atoms with van der Waals surface area (Å²) in [5.41, 5.74) is 0.693. The second-order valence-electron chi connectivity index (χ2n) is 4.11. The second kappa shape index (κ2) is 4.76. The summed E-state index contributed by atoms with van der Waals surface area (Å²) in [5.74, 6) is 0.0912. The number of hydrogen-bond donors (Lipinski definition) is 0. The highest BCUT2D eigenvalue weighted by Crippen LogP contribution is 2.26. The molecule has 86 valence electrons. The van der Waals surface area contributed by atoms with Crippen molar-refractivity contribution in [3.8, 4) is 0 Å². The third kappa shape index (κ3) is 2.25. The number of likely N-dealkylation sites (tertiary alicyclic amines) is 1. The van der Waals surface area contributed by atoms with Crippen LogP contribution in [0.1, 0.15) is 30.1 Å². The Kier molecular flexibility index (Phi) is 3.55. The topological polar surface area (TPSA) is 20.3 Å². The van der Waals surface area contributed by atoms with E-state index in [9.17, 15) is 4.79 Å². The SMILES string of the molecule is C[C@H]1CCCN1C(=O)c1ccc(Cl)cc1Br. The van der Waals surface area contributed by atoms with Crippen LogP contribution in [0.25, 0.3) is 0 Å². The van der Waals surface area contributed by atoms with Crippen molar-refractivity contribution in [2.45, 2.75) is 25.8 Å². The van der Waals surface area contributed by atoms with Gasteiger partial charge in [0.1, 0.15) is 0 Å². The van der Waals surface area contributed by atoms with E-state index in [2.05, 4.69) is 22.9 Å². The Bertz CT molecular complexity index is 421. The average Bonchev–Trinajstić information content (AvgIpc) is 2.63. The van der Waals surface area contributed by atoms with E-state index in [1.807, 2.05) is 4.90 Å². The maximum absolute atomic E-state index is 12.2. The van der Waals surface area contributed by atoms with Crippen LogP contribution in [-0.4, -0.2) is 23.4 Å². The molecular formula is C12H13BrClNO. The van der Waals surface area contributed by atoms with Gasteiger partial charge in [-0.1, -0.05) is 11.6 Å². The van der Waals surface area contributed by atoms with Gasteiger partial charge in [0, 0.05) is 22.1 Å². The third-order valence-corrected chi connectivity index (χ3v) is 3.87. The van der Waals surface area contributed by atoms with Crippen LogP contribution in [0, 0.1) is 0 Å². The highest BCUT2D eigenvalue weighted by molar-refractivity contribution is 9.10. The molecule has 0 unspecified atom stereocenters. The molecule has 1 aromatic rings. The molecule has 1 amide bonds. The monoisotopic (exact) mass is 301 g/mol. The summed E-state index contributed by atoms with van der Waals surface area (Å²) < 4.78 is 0.768. The lowest BCUT2D eigenvalue weighted by molar-refractivity contribution is 0.0746. The number of carbonyl (C=O) groups excluding carboxylic acids is 1. The predicted octanol–water partition coefficient (Wildman–Crippen LogP) is 3.73. The van der Waals surface area contributed by atoms with Crippen LogP contribution in [0.5, 0.6) is 0 Å². The largest absolute Gasteiger partial charge is 0.336 e. The molecule has 4 heteroatoms. The number of amides is 1. The lowest BCUT2D eigenvalue weighted by Gasteiger charge is -2.22. The average molecular weight is 303 g/mol. The third-order valence-electron chi connectivity index (χ3n) is 2.98. The van der Waals surface area contributed by atoms with Crippen LogP contribution in [0.4, 0.5) is 0 Å². The summed E-state index contributed by atoms with van der Waals surface area (Å²) in [7, 11) is 0. The standard InChI is InChI=1S/C12H13BrClNO/c1-8-3-2-6-15(8)12(16)10-5-4-9(14)7-11(10)13/h4-5,7-8H,2-3,6H2,1H3/t8-/m0/s1. The van der Waals surface area contributed by atoms with Crippen molar-refractivity contribution < 1.29 is 4.79 Å². The van der Waals surface area contributed by atoms with E-state index in [1.165, 1.54) is 0 Å². The van der Waals surface area contributed by atoms with Gasteiger partial charge < -0.3 is 4.90 Å². The molecule has 0 saturated carbocycles. The summed E-state index contributed by atoms with van der Waals surface area (Å²) in [6, 6.07) is 5.63. The van der Waals surface area contributed by atoms with Gasteiger partial charge in [0.05, 0.1) is 5.56 Å². The van der Waals surface area contributed by atoms with Crippen LogP contribution in [0.3, 0.4) is 0 Å². The van der Waals surface area contributed by atoms with E-state index < -0.39 is 0 Å². The normalized spacial score (nSPS) is 20.2. The fourth-order valence-corrected chi connectivity index (χ4v) is 2.90. The predicted molar refractivity (Wildman–Crippen MR) is 68.9 cm³/mol. The first-order valence-corrected chi connectivity index (χ1v) is 6.52. The zero-order valence-electron chi connectivity index (χ0n) is 9.04. The quantitative estimate of drug-likeness (QED) is 0.774. The summed E-state index contributed by atoms with van der Waals surface area (Å²) in [5, 5.41) is 0.637. The molecule has 0 N–H and O–H groups in total. The molecule has 0 radical (unpaired) electrons. The van der Waals surface area contributed by atoms with Crippen LogP contribution < -0.4 is 0 Å². The van der Waals surface area contributed by atoms with Crippen molar-refractivity contribution >= 4 is 33.4 Å². The molecule has 1 atom stereocenters. The van der Waals surface area contributed by atoms with Crippen molar-refractivity contribution in [3.63, 3.8) is 0 Å². The number of benzene rings is 1. The van der Waals surface area contributed by atoms with E-state index in [0.29, 0.717) is 16.6 Å². The fraction of sp³-hybridized carbons (Fsp3) is 0.417. The van der Waals surface area contributed by atoms with Crippen LogP contribution in [0.2, 0.25) is 5.02 Å². The summed E-state index contributed by atoms with van der Waals surface area (Å²) in [4.78, 5) is 14.2. The molecule has 2 rings (SSSR count). The first kappa shape index (κ1) is 11.9. The van der Waals surface area contributed by atoms with Gasteiger partial charge in [0.25, 0.3) is 5.91 Å². The van der Waals surface area contributed by atoms with Gasteiger partial charge in [0.2, 0.25) is 0 Å². The Balaban J connectivity index is 2.27. The van der Waals surface area contributed by atoms with Crippen molar-refractivity contribution in [1.82, 2.24) is 4.90 Å². The van der Waals surface area contributed by atoms with Gasteiger partial charge in [0.15, 0.2) is 0 Å². The summed E-state index contributed by atoms with van der Waals surface area (Å²) in [6.07, 6.45) is 2.19. The van der Waals surface area contributed by atoms with Gasteiger partial charge in [-0.05, 0) is 53.9 Å². The van der Waals surface area contributed by atoms with Gasteiger partial charge in [-0.15, -0.1) is 0 Å². The van der Waals surface area contributed by atoms with E-state index >= 15 is 0 Å². The minimum Gasteiger partial charge on any atom is -0.336 e. The Morgan fingerprint density at radius 2 is 2.31 bits per heavy atom. The molecule has 1 fully saturated rings. The molecule has 1 saturated heterocycles. The van der Waals surface area contributed by atoms with E-state index in [4.69, 9.17) is 11.6 Å². The minimum absolute atomic E-state index is 0.0912. The molecule has 1 aromatic carbocycles. The Labute approximate surface area is 109 Å². The smallest absolute Gasteiger partial charge is 0.255 e. The molecule has 0 spiro atoms. The highest BCUT2D eigenvalue weighted by atomic mass is 79.9. The minimum atomic E-state index is 0.0912. The number of rotatable bonds is 1.